The lowest BCUT2D eigenvalue weighted by Gasteiger charge is -2.17. The first-order valence-electron chi connectivity index (χ1n) is 6.35. The molecule has 0 aliphatic rings. The van der Waals surface area contributed by atoms with E-state index in [1.807, 2.05) is 33.4 Å². The van der Waals surface area contributed by atoms with Crippen molar-refractivity contribution in [3.05, 3.63) is 48.0 Å². The van der Waals surface area contributed by atoms with Gasteiger partial charge in [-0.15, -0.1) is 0 Å². The van der Waals surface area contributed by atoms with E-state index >= 15 is 0 Å². The monoisotopic (exact) mass is 249 g/mol. The largest absolute Gasteiger partial charge is 0.393 e. The molecule has 0 fully saturated rings. The van der Waals surface area contributed by atoms with Gasteiger partial charge in [-0.25, -0.2) is 0 Å². The van der Waals surface area contributed by atoms with Crippen molar-refractivity contribution in [3.8, 4) is 0 Å². The van der Waals surface area contributed by atoms with Crippen molar-refractivity contribution in [3.63, 3.8) is 0 Å². The summed E-state index contributed by atoms with van der Waals surface area (Å²) in [6, 6.07) is 0. The van der Waals surface area contributed by atoms with Crippen molar-refractivity contribution in [1.29, 1.82) is 0 Å². The molecule has 0 aliphatic heterocycles. The van der Waals surface area contributed by atoms with E-state index < -0.39 is 0 Å². The summed E-state index contributed by atoms with van der Waals surface area (Å²) in [7, 11) is 5.92. The van der Waals surface area contributed by atoms with E-state index in [1.54, 1.807) is 0 Å². The van der Waals surface area contributed by atoms with Gasteiger partial charge in [0.05, 0.1) is 0 Å². The molecule has 0 heterocycles. The summed E-state index contributed by atoms with van der Waals surface area (Å²) in [5, 5.41) is 6.21. The van der Waals surface area contributed by atoms with Crippen molar-refractivity contribution in [2.24, 2.45) is 0 Å². The van der Waals surface area contributed by atoms with Crippen LogP contribution in [0.25, 0.3) is 0 Å². The van der Waals surface area contributed by atoms with Gasteiger partial charge in [-0.1, -0.05) is 24.3 Å². The Balaban J connectivity index is 4.61. The Kier molecular flexibility index (Phi) is 9.55. The van der Waals surface area contributed by atoms with Crippen LogP contribution in [0, 0.1) is 0 Å². The molecule has 0 aromatic heterocycles. The van der Waals surface area contributed by atoms with Crippen LogP contribution in [-0.2, 0) is 0 Å². The maximum Gasteiger partial charge on any atom is 0.0438 e. The predicted molar refractivity (Wildman–Crippen MR) is 81.2 cm³/mol. The summed E-state index contributed by atoms with van der Waals surface area (Å²) in [6.45, 7) is 5.03. The van der Waals surface area contributed by atoms with Crippen LogP contribution in [0.1, 0.15) is 20.3 Å². The molecule has 0 atom stereocenters. The first kappa shape index (κ1) is 16.4. The molecule has 0 spiro atoms. The van der Waals surface area contributed by atoms with Gasteiger partial charge in [-0.2, -0.15) is 0 Å². The summed E-state index contributed by atoms with van der Waals surface area (Å²) in [5.41, 5.74) is 2.50. The Morgan fingerprint density at radius 2 is 1.94 bits per heavy atom. The summed E-state index contributed by atoms with van der Waals surface area (Å²) < 4.78 is 0. The van der Waals surface area contributed by atoms with Gasteiger partial charge in [-0.3, -0.25) is 0 Å². The van der Waals surface area contributed by atoms with Crippen LogP contribution in [0.5, 0.6) is 0 Å². The van der Waals surface area contributed by atoms with Gasteiger partial charge in [0.25, 0.3) is 0 Å². The minimum absolute atomic E-state index is 0.886. The number of rotatable bonds is 8. The van der Waals surface area contributed by atoms with E-state index in [4.69, 9.17) is 0 Å². The number of hydrogen-bond acceptors (Lipinski definition) is 3. The average molecular weight is 249 g/mol. The van der Waals surface area contributed by atoms with Gasteiger partial charge >= 0.3 is 0 Å². The van der Waals surface area contributed by atoms with Crippen molar-refractivity contribution in [2.75, 3.05) is 27.7 Å². The molecular formula is C15H27N3. The number of hydrogen-bond donors (Lipinski definition) is 2. The molecule has 0 bridgehead atoms. The number of nitrogens with zero attached hydrogens (tertiary/aromatic N) is 1. The fraction of sp³-hybridized carbons (Fsp3) is 0.467. The maximum absolute atomic E-state index is 3.21. The highest BCUT2D eigenvalue weighted by molar-refractivity contribution is 5.26. The first-order chi connectivity index (χ1) is 8.65. The predicted octanol–water partition coefficient (Wildman–Crippen LogP) is 2.62. The van der Waals surface area contributed by atoms with Crippen LogP contribution < -0.4 is 10.6 Å². The summed E-state index contributed by atoms with van der Waals surface area (Å²) in [4.78, 5) is 2.15. The smallest absolute Gasteiger partial charge is 0.0438 e. The standard InChI is InChI=1S/C15H27N3/c1-6-7-8-9-10-15(14(2)17-4)13-18(5)12-11-16-3/h6-7,9-12,16-17H,8,13H2,1-5H3/b7-6-,10-9-,12-11-,15-14-. The first-order valence-corrected chi connectivity index (χ1v) is 6.35. The molecule has 0 radical (unpaired) electrons. The van der Waals surface area contributed by atoms with Crippen LogP contribution in [0.2, 0.25) is 0 Å². The SMILES string of the molecule is C/C=C\C/C=C\C(CN(C)/C=C\NC)=C(/C)NC. The van der Waals surface area contributed by atoms with Crippen molar-refractivity contribution >= 4 is 0 Å². The Hall–Kier alpha value is -1.64. The number of allylic oxidation sites excluding steroid dienone is 4. The maximum atomic E-state index is 3.21. The molecule has 0 saturated heterocycles. The lowest BCUT2D eigenvalue weighted by atomic mass is 10.1. The van der Waals surface area contributed by atoms with E-state index in [9.17, 15) is 0 Å². The fourth-order valence-corrected chi connectivity index (χ4v) is 1.40. The minimum Gasteiger partial charge on any atom is -0.393 e. The van der Waals surface area contributed by atoms with Crippen LogP contribution in [0.15, 0.2) is 48.0 Å². The van der Waals surface area contributed by atoms with Crippen LogP contribution in [0.4, 0.5) is 0 Å². The normalized spacial score (nSPS) is 13.4. The zero-order valence-electron chi connectivity index (χ0n) is 12.3. The van der Waals surface area contributed by atoms with Gasteiger partial charge in [0, 0.05) is 45.8 Å². The Labute approximate surface area is 112 Å². The highest BCUT2D eigenvalue weighted by atomic mass is 15.1. The van der Waals surface area contributed by atoms with Crippen LogP contribution in [-0.4, -0.2) is 32.6 Å². The Bertz CT molecular complexity index is 325. The molecular weight excluding hydrogens is 222 g/mol. The van der Waals surface area contributed by atoms with E-state index in [0.717, 1.165) is 13.0 Å². The van der Waals surface area contributed by atoms with E-state index in [2.05, 4.69) is 53.8 Å². The van der Waals surface area contributed by atoms with E-state index in [1.165, 1.54) is 11.3 Å². The molecule has 2 N–H and O–H groups in total. The zero-order chi connectivity index (χ0) is 13.8. The fourth-order valence-electron chi connectivity index (χ4n) is 1.40. The topological polar surface area (TPSA) is 27.3 Å². The third kappa shape index (κ3) is 7.60. The van der Waals surface area contributed by atoms with Crippen LogP contribution in [0.3, 0.4) is 0 Å². The minimum atomic E-state index is 0.886. The molecule has 3 nitrogen and oxygen atoms in total. The van der Waals surface area contributed by atoms with E-state index in [0.29, 0.717) is 0 Å². The lowest BCUT2D eigenvalue weighted by molar-refractivity contribution is 0.495. The summed E-state index contributed by atoms with van der Waals surface area (Å²) >= 11 is 0. The Morgan fingerprint density at radius 1 is 1.22 bits per heavy atom. The quantitative estimate of drug-likeness (QED) is 0.511. The molecule has 0 saturated carbocycles. The second-order valence-corrected chi connectivity index (χ2v) is 4.13. The highest BCUT2D eigenvalue weighted by Crippen LogP contribution is 2.06. The van der Waals surface area contributed by atoms with Gasteiger partial charge in [0.1, 0.15) is 0 Å². The van der Waals surface area contributed by atoms with Gasteiger partial charge < -0.3 is 15.5 Å². The average Bonchev–Trinajstić information content (AvgIpc) is 2.38. The number of likely N-dealkylation sites (N-methyl/N-ethyl adjacent to an activating group) is 1. The zero-order valence-corrected chi connectivity index (χ0v) is 12.3. The highest BCUT2D eigenvalue weighted by Gasteiger charge is 2.00. The number of nitrogens with one attached hydrogen (secondary N) is 2. The Morgan fingerprint density at radius 3 is 2.50 bits per heavy atom. The van der Waals surface area contributed by atoms with Gasteiger partial charge in [-0.05, 0) is 25.8 Å². The van der Waals surface area contributed by atoms with Crippen LogP contribution >= 0.6 is 0 Å². The molecule has 0 aliphatic carbocycles. The molecule has 102 valence electrons. The summed E-state index contributed by atoms with van der Waals surface area (Å²) in [5.74, 6) is 0. The second kappa shape index (κ2) is 10.5. The molecule has 0 unspecified atom stereocenters. The third-order valence-corrected chi connectivity index (χ3v) is 2.60. The molecule has 0 aromatic carbocycles. The van der Waals surface area contributed by atoms with E-state index in [-0.39, 0.29) is 0 Å². The molecule has 18 heavy (non-hydrogen) atoms. The van der Waals surface area contributed by atoms with Crippen molar-refractivity contribution < 1.29 is 0 Å². The lowest BCUT2D eigenvalue weighted by Crippen LogP contribution is -2.18. The molecule has 0 aromatic rings. The van der Waals surface area contributed by atoms with Crippen molar-refractivity contribution in [1.82, 2.24) is 15.5 Å². The van der Waals surface area contributed by atoms with Crippen molar-refractivity contribution in [2.45, 2.75) is 20.3 Å². The third-order valence-electron chi connectivity index (χ3n) is 2.60. The molecule has 0 rings (SSSR count). The molecule has 0 amide bonds. The van der Waals surface area contributed by atoms with Gasteiger partial charge in [0.2, 0.25) is 0 Å². The molecule has 3 heteroatoms. The van der Waals surface area contributed by atoms with Gasteiger partial charge in [0.15, 0.2) is 0 Å². The summed E-state index contributed by atoms with van der Waals surface area (Å²) in [6.07, 6.45) is 13.5. The second-order valence-electron chi connectivity index (χ2n) is 4.13.